The molecule has 23 heavy (non-hydrogen) atoms. The van der Waals surface area contributed by atoms with E-state index in [9.17, 15) is 8.42 Å². The van der Waals surface area contributed by atoms with Crippen molar-refractivity contribution in [1.29, 1.82) is 0 Å². The zero-order valence-corrected chi connectivity index (χ0v) is 13.2. The number of aromatic nitrogens is 2. The molecule has 0 saturated carbocycles. The summed E-state index contributed by atoms with van der Waals surface area (Å²) in [4.78, 5) is 3.84. The molecule has 2 heterocycles. The average Bonchev–Trinajstić information content (AvgIpc) is 2.95. The Balaban J connectivity index is 1.79. The van der Waals surface area contributed by atoms with E-state index in [0.717, 1.165) is 11.1 Å². The van der Waals surface area contributed by atoms with Crippen LogP contribution >= 0.6 is 0 Å². The first-order chi connectivity index (χ1) is 11.1. The van der Waals surface area contributed by atoms with Crippen LogP contribution in [0.15, 0.2) is 64.3 Å². The van der Waals surface area contributed by atoms with Gasteiger partial charge in [0.05, 0.1) is 6.54 Å². The summed E-state index contributed by atoms with van der Waals surface area (Å²) in [6, 6.07) is 14.3. The number of sulfonamides is 1. The van der Waals surface area contributed by atoms with E-state index in [1.807, 2.05) is 37.3 Å². The van der Waals surface area contributed by atoms with Gasteiger partial charge in [-0.3, -0.25) is 0 Å². The van der Waals surface area contributed by atoms with Crippen molar-refractivity contribution in [2.45, 2.75) is 18.5 Å². The van der Waals surface area contributed by atoms with E-state index in [4.69, 9.17) is 4.52 Å². The number of hydrogen-bond donors (Lipinski definition) is 1. The summed E-state index contributed by atoms with van der Waals surface area (Å²) in [6.07, 6.45) is 1.43. The van der Waals surface area contributed by atoms with E-state index in [1.165, 1.54) is 12.3 Å². The molecule has 0 unspecified atom stereocenters. The normalized spacial score (nSPS) is 11.5. The highest BCUT2D eigenvalue weighted by Crippen LogP contribution is 2.25. The van der Waals surface area contributed by atoms with Crippen LogP contribution in [-0.2, 0) is 16.6 Å². The van der Waals surface area contributed by atoms with Crippen molar-refractivity contribution in [3.05, 3.63) is 66.0 Å². The molecule has 0 aliphatic rings. The minimum absolute atomic E-state index is 0.0237. The lowest BCUT2D eigenvalue weighted by Gasteiger charge is -2.04. The molecule has 0 fully saturated rings. The van der Waals surface area contributed by atoms with Crippen LogP contribution in [-0.4, -0.2) is 18.6 Å². The minimum atomic E-state index is -3.67. The summed E-state index contributed by atoms with van der Waals surface area (Å²) >= 11 is 0. The van der Waals surface area contributed by atoms with Crippen LogP contribution in [0.2, 0.25) is 0 Å². The topological polar surface area (TPSA) is 85.1 Å². The highest BCUT2D eigenvalue weighted by Gasteiger charge is 2.18. The molecule has 1 aromatic carbocycles. The van der Waals surface area contributed by atoms with Gasteiger partial charge in [0, 0.05) is 17.3 Å². The summed E-state index contributed by atoms with van der Waals surface area (Å²) in [5.41, 5.74) is 2.25. The zero-order chi connectivity index (χ0) is 16.3. The van der Waals surface area contributed by atoms with Gasteiger partial charge >= 0.3 is 0 Å². The van der Waals surface area contributed by atoms with Crippen molar-refractivity contribution < 1.29 is 12.9 Å². The van der Waals surface area contributed by atoms with Gasteiger partial charge in [0.15, 0.2) is 10.8 Å². The van der Waals surface area contributed by atoms with E-state index < -0.39 is 10.0 Å². The Morgan fingerprint density at radius 3 is 2.52 bits per heavy atom. The van der Waals surface area contributed by atoms with E-state index >= 15 is 0 Å². The number of pyridine rings is 1. The van der Waals surface area contributed by atoms with Crippen LogP contribution in [0.5, 0.6) is 0 Å². The Hall–Kier alpha value is -2.51. The Morgan fingerprint density at radius 2 is 1.83 bits per heavy atom. The van der Waals surface area contributed by atoms with E-state index in [-0.39, 0.29) is 11.6 Å². The predicted molar refractivity (Wildman–Crippen MR) is 84.9 cm³/mol. The first-order valence-corrected chi connectivity index (χ1v) is 8.47. The van der Waals surface area contributed by atoms with E-state index in [2.05, 4.69) is 14.9 Å². The van der Waals surface area contributed by atoms with Crippen molar-refractivity contribution in [3.8, 4) is 11.3 Å². The molecular formula is C16H15N3O3S. The van der Waals surface area contributed by atoms with Gasteiger partial charge in [0.2, 0.25) is 0 Å². The molecule has 0 saturated heterocycles. The molecule has 0 radical (unpaired) electrons. The van der Waals surface area contributed by atoms with Gasteiger partial charge in [0.25, 0.3) is 10.0 Å². The molecule has 3 rings (SSSR count). The highest BCUT2D eigenvalue weighted by atomic mass is 32.2. The summed E-state index contributed by atoms with van der Waals surface area (Å²) < 4.78 is 32.2. The van der Waals surface area contributed by atoms with Crippen LogP contribution in [0.1, 0.15) is 11.3 Å². The van der Waals surface area contributed by atoms with Gasteiger partial charge < -0.3 is 4.52 Å². The molecule has 0 bridgehead atoms. The number of nitrogens with zero attached hydrogens (tertiary/aromatic N) is 2. The fourth-order valence-corrected chi connectivity index (χ4v) is 3.07. The number of nitrogens with one attached hydrogen (secondary N) is 1. The van der Waals surface area contributed by atoms with Gasteiger partial charge in [-0.1, -0.05) is 41.6 Å². The molecule has 0 amide bonds. The molecule has 3 aromatic rings. The Labute approximate surface area is 134 Å². The third-order valence-electron chi connectivity index (χ3n) is 3.40. The van der Waals surface area contributed by atoms with Crippen molar-refractivity contribution in [2.24, 2.45) is 0 Å². The Bertz CT molecular complexity index is 891. The standard InChI is InChI=1S/C16H15N3O3S/c1-12-14(19-22-16(12)13-7-3-2-4-8-13)11-18-23(20,21)15-9-5-6-10-17-15/h2-10,18H,11H2,1H3. The fourth-order valence-electron chi connectivity index (χ4n) is 2.14. The molecule has 0 aliphatic carbocycles. The number of hydrogen-bond acceptors (Lipinski definition) is 5. The van der Waals surface area contributed by atoms with Crippen molar-refractivity contribution in [1.82, 2.24) is 14.9 Å². The largest absolute Gasteiger partial charge is 0.356 e. The molecule has 118 valence electrons. The minimum Gasteiger partial charge on any atom is -0.356 e. The first-order valence-electron chi connectivity index (χ1n) is 6.99. The van der Waals surface area contributed by atoms with Gasteiger partial charge in [-0.15, -0.1) is 0 Å². The Kier molecular flexibility index (Phi) is 4.22. The molecule has 6 nitrogen and oxygen atoms in total. The molecule has 0 spiro atoms. The molecule has 2 aromatic heterocycles. The van der Waals surface area contributed by atoms with Crippen LogP contribution in [0.4, 0.5) is 0 Å². The summed E-state index contributed by atoms with van der Waals surface area (Å²) in [5.74, 6) is 0.637. The van der Waals surface area contributed by atoms with Crippen LogP contribution in [0.3, 0.4) is 0 Å². The summed E-state index contributed by atoms with van der Waals surface area (Å²) in [7, 11) is -3.67. The maximum absolute atomic E-state index is 12.2. The lowest BCUT2D eigenvalue weighted by Crippen LogP contribution is -2.24. The molecular weight excluding hydrogens is 314 g/mol. The molecule has 0 atom stereocenters. The lowest BCUT2D eigenvalue weighted by molar-refractivity contribution is 0.422. The van der Waals surface area contributed by atoms with Crippen molar-refractivity contribution in [2.75, 3.05) is 0 Å². The predicted octanol–water partition coefficient (Wildman–Crippen LogP) is 2.52. The summed E-state index contributed by atoms with van der Waals surface area (Å²) in [5, 5.41) is 3.94. The first kappa shape index (κ1) is 15.4. The number of benzene rings is 1. The van der Waals surface area contributed by atoms with Gasteiger partial charge in [-0.2, -0.15) is 0 Å². The Morgan fingerprint density at radius 1 is 1.09 bits per heavy atom. The SMILES string of the molecule is Cc1c(CNS(=O)(=O)c2ccccn2)noc1-c1ccccc1. The van der Waals surface area contributed by atoms with Crippen molar-refractivity contribution >= 4 is 10.0 Å². The fraction of sp³-hybridized carbons (Fsp3) is 0.125. The lowest BCUT2D eigenvalue weighted by atomic mass is 10.1. The highest BCUT2D eigenvalue weighted by molar-refractivity contribution is 7.89. The second kappa shape index (κ2) is 6.31. The monoisotopic (exact) mass is 329 g/mol. The second-order valence-corrected chi connectivity index (χ2v) is 6.66. The maximum Gasteiger partial charge on any atom is 0.258 e. The van der Waals surface area contributed by atoms with Gasteiger partial charge in [0.1, 0.15) is 5.69 Å². The van der Waals surface area contributed by atoms with Crippen LogP contribution in [0.25, 0.3) is 11.3 Å². The molecule has 1 N–H and O–H groups in total. The van der Waals surface area contributed by atoms with Gasteiger partial charge in [-0.25, -0.2) is 18.1 Å². The third kappa shape index (κ3) is 3.30. The second-order valence-electron chi connectivity index (χ2n) is 4.94. The average molecular weight is 329 g/mol. The molecule has 7 heteroatoms. The van der Waals surface area contributed by atoms with Crippen LogP contribution in [0, 0.1) is 6.92 Å². The zero-order valence-electron chi connectivity index (χ0n) is 12.4. The third-order valence-corrected chi connectivity index (χ3v) is 4.72. The smallest absolute Gasteiger partial charge is 0.258 e. The quantitative estimate of drug-likeness (QED) is 0.777. The van der Waals surface area contributed by atoms with Gasteiger partial charge in [-0.05, 0) is 19.1 Å². The van der Waals surface area contributed by atoms with E-state index in [1.54, 1.807) is 12.1 Å². The molecule has 0 aliphatic heterocycles. The number of rotatable bonds is 5. The van der Waals surface area contributed by atoms with Crippen LogP contribution < -0.4 is 4.72 Å². The summed E-state index contributed by atoms with van der Waals surface area (Å²) in [6.45, 7) is 1.89. The van der Waals surface area contributed by atoms with Crippen molar-refractivity contribution in [3.63, 3.8) is 0 Å². The van der Waals surface area contributed by atoms with E-state index in [0.29, 0.717) is 11.5 Å². The maximum atomic E-state index is 12.2.